The molecule has 1 saturated heterocycles. The van der Waals surface area contributed by atoms with Crippen LogP contribution in [0.15, 0.2) is 41.8 Å². The predicted octanol–water partition coefficient (Wildman–Crippen LogP) is 2.69. The third-order valence-corrected chi connectivity index (χ3v) is 8.38. The first-order chi connectivity index (χ1) is 12.5. The summed E-state index contributed by atoms with van der Waals surface area (Å²) in [5, 5.41) is 1.40. The first-order valence-electron chi connectivity index (χ1n) is 8.79. The van der Waals surface area contributed by atoms with Gasteiger partial charge < -0.3 is 9.64 Å². The van der Waals surface area contributed by atoms with Gasteiger partial charge in [0.1, 0.15) is 12.4 Å². The summed E-state index contributed by atoms with van der Waals surface area (Å²) < 4.78 is 31.0. The van der Waals surface area contributed by atoms with Crippen LogP contribution in [-0.2, 0) is 21.1 Å². The van der Waals surface area contributed by atoms with Gasteiger partial charge in [-0.3, -0.25) is 4.79 Å². The van der Waals surface area contributed by atoms with E-state index in [-0.39, 0.29) is 24.1 Å². The number of carbonyl (C=O) groups excluding carboxylic acids is 1. The first-order valence-corrected chi connectivity index (χ1v) is 11.4. The molecule has 0 bridgehead atoms. The molecule has 3 heterocycles. The molecule has 2 aliphatic rings. The van der Waals surface area contributed by atoms with Gasteiger partial charge in [0, 0.05) is 18.0 Å². The minimum absolute atomic E-state index is 0.00142. The number of hydrogen-bond donors (Lipinski definition) is 0. The van der Waals surface area contributed by atoms with Crippen LogP contribution in [0.3, 0.4) is 0 Å². The van der Waals surface area contributed by atoms with Crippen LogP contribution in [0, 0.1) is 5.92 Å². The molecule has 1 aromatic carbocycles. The summed E-state index contributed by atoms with van der Waals surface area (Å²) in [4.78, 5) is 15.6. The Hall–Kier alpha value is -1.86. The molecular weight excluding hydrogens is 370 g/mol. The van der Waals surface area contributed by atoms with Gasteiger partial charge in [0.15, 0.2) is 9.84 Å². The molecule has 0 N–H and O–H groups in total. The summed E-state index contributed by atoms with van der Waals surface area (Å²) >= 11 is 1.47. The van der Waals surface area contributed by atoms with Crippen LogP contribution in [0.1, 0.15) is 22.1 Å². The van der Waals surface area contributed by atoms with Crippen LogP contribution < -0.4 is 4.74 Å². The summed E-state index contributed by atoms with van der Waals surface area (Å²) in [7, 11) is -3.24. The number of hydrogen-bond acceptors (Lipinski definition) is 5. The number of para-hydroxylation sites is 1. The lowest BCUT2D eigenvalue weighted by Crippen LogP contribution is -2.42. The number of ether oxygens (including phenoxy) is 1. The monoisotopic (exact) mass is 391 g/mol. The van der Waals surface area contributed by atoms with E-state index in [9.17, 15) is 13.2 Å². The van der Waals surface area contributed by atoms with Crippen LogP contribution in [0.2, 0.25) is 0 Å². The molecule has 5 nitrogen and oxygen atoms in total. The lowest BCUT2D eigenvalue weighted by atomic mass is 9.95. The maximum absolute atomic E-state index is 13.0. The van der Waals surface area contributed by atoms with E-state index in [1.807, 2.05) is 41.8 Å². The topological polar surface area (TPSA) is 63.7 Å². The van der Waals surface area contributed by atoms with Crippen molar-refractivity contribution in [1.29, 1.82) is 0 Å². The van der Waals surface area contributed by atoms with E-state index in [0.29, 0.717) is 26.0 Å². The first kappa shape index (κ1) is 17.5. The van der Waals surface area contributed by atoms with Crippen molar-refractivity contribution >= 4 is 27.1 Å². The molecule has 1 fully saturated rings. The zero-order valence-corrected chi connectivity index (χ0v) is 16.0. The van der Waals surface area contributed by atoms with Gasteiger partial charge in [0.25, 0.3) is 0 Å². The van der Waals surface area contributed by atoms with E-state index in [2.05, 4.69) is 0 Å². The largest absolute Gasteiger partial charge is 0.492 e. The predicted molar refractivity (Wildman–Crippen MR) is 101 cm³/mol. The van der Waals surface area contributed by atoms with Gasteiger partial charge in [0.2, 0.25) is 5.91 Å². The maximum Gasteiger partial charge on any atom is 0.229 e. The van der Waals surface area contributed by atoms with Gasteiger partial charge in [-0.2, -0.15) is 0 Å². The van der Waals surface area contributed by atoms with Gasteiger partial charge in [-0.05, 0) is 35.9 Å². The van der Waals surface area contributed by atoms with E-state index >= 15 is 0 Å². The summed E-state index contributed by atoms with van der Waals surface area (Å²) in [6, 6.07) is 11.5. The third kappa shape index (κ3) is 3.38. The van der Waals surface area contributed by atoms with Crippen molar-refractivity contribution < 1.29 is 17.9 Å². The van der Waals surface area contributed by atoms with Crippen molar-refractivity contribution in [3.05, 3.63) is 52.2 Å². The number of fused-ring (bicyclic) bond motifs is 1. The second kappa shape index (κ2) is 7.04. The quantitative estimate of drug-likeness (QED) is 0.790. The summed E-state index contributed by atoms with van der Waals surface area (Å²) in [5.74, 6) is 0.617. The Balaban J connectivity index is 1.48. The van der Waals surface area contributed by atoms with Crippen molar-refractivity contribution in [3.63, 3.8) is 0 Å². The Bertz CT molecular complexity index is 892. The van der Waals surface area contributed by atoms with E-state index < -0.39 is 15.1 Å². The average Bonchev–Trinajstić information content (AvgIpc) is 3.12. The van der Waals surface area contributed by atoms with Crippen molar-refractivity contribution in [2.75, 3.05) is 25.4 Å². The highest BCUT2D eigenvalue weighted by Gasteiger charge is 2.36. The number of carbonyl (C=O) groups is 1. The molecule has 138 valence electrons. The number of sulfone groups is 1. The fourth-order valence-corrected chi connectivity index (χ4v) is 6.71. The Morgan fingerprint density at radius 1 is 1.15 bits per heavy atom. The number of rotatable bonds is 2. The third-order valence-electron chi connectivity index (χ3n) is 5.14. The number of nitrogens with zero attached hydrogens (tertiary/aromatic N) is 1. The van der Waals surface area contributed by atoms with Gasteiger partial charge >= 0.3 is 0 Å². The highest BCUT2D eigenvalue weighted by atomic mass is 32.2. The molecular formula is C19H21NO4S2. The van der Waals surface area contributed by atoms with Gasteiger partial charge in [-0.15, -0.1) is 11.3 Å². The Morgan fingerprint density at radius 2 is 2.00 bits per heavy atom. The highest BCUT2D eigenvalue weighted by Crippen LogP contribution is 2.33. The molecule has 0 radical (unpaired) electrons. The van der Waals surface area contributed by atoms with Crippen molar-refractivity contribution in [1.82, 2.24) is 4.90 Å². The van der Waals surface area contributed by atoms with Crippen molar-refractivity contribution in [2.45, 2.75) is 18.1 Å². The molecule has 4 rings (SSSR count). The molecule has 2 aromatic rings. The summed E-state index contributed by atoms with van der Waals surface area (Å²) in [6.45, 7) is 1.09. The Morgan fingerprint density at radius 3 is 2.81 bits per heavy atom. The zero-order valence-electron chi connectivity index (χ0n) is 14.3. The van der Waals surface area contributed by atoms with Crippen LogP contribution in [0.5, 0.6) is 5.75 Å². The van der Waals surface area contributed by atoms with Gasteiger partial charge in [-0.1, -0.05) is 24.3 Å². The lowest BCUT2D eigenvalue weighted by Gasteiger charge is -2.29. The molecule has 2 aliphatic heterocycles. The summed E-state index contributed by atoms with van der Waals surface area (Å²) in [5.41, 5.74) is 1.04. The van der Waals surface area contributed by atoms with Crippen LogP contribution >= 0.6 is 11.3 Å². The number of benzene rings is 1. The average molecular weight is 392 g/mol. The second-order valence-corrected chi connectivity index (χ2v) is 10.1. The second-order valence-electron chi connectivity index (χ2n) is 6.80. The minimum Gasteiger partial charge on any atom is -0.492 e. The maximum atomic E-state index is 13.0. The van der Waals surface area contributed by atoms with E-state index in [4.69, 9.17) is 4.74 Å². The molecule has 1 amide bonds. The number of thiophene rings is 1. The van der Waals surface area contributed by atoms with Crippen molar-refractivity contribution in [3.8, 4) is 5.75 Å². The van der Waals surface area contributed by atoms with Gasteiger partial charge in [0.05, 0.1) is 16.9 Å². The smallest absolute Gasteiger partial charge is 0.229 e. The molecule has 0 spiro atoms. The van der Waals surface area contributed by atoms with E-state index in [1.54, 1.807) is 4.90 Å². The SMILES string of the molecule is O=C([C@H]1COc2ccccc2C1)N1CC[C@H](c2cccs2)S(=O)(=O)CC1. The zero-order chi connectivity index (χ0) is 18.1. The van der Waals surface area contributed by atoms with Crippen LogP contribution in [0.25, 0.3) is 0 Å². The molecule has 26 heavy (non-hydrogen) atoms. The molecule has 0 unspecified atom stereocenters. The highest BCUT2D eigenvalue weighted by molar-refractivity contribution is 7.91. The minimum atomic E-state index is -3.24. The molecule has 2 atom stereocenters. The number of amides is 1. The van der Waals surface area contributed by atoms with E-state index in [0.717, 1.165) is 16.2 Å². The van der Waals surface area contributed by atoms with Crippen molar-refractivity contribution in [2.24, 2.45) is 5.92 Å². The normalized spacial score (nSPS) is 25.0. The lowest BCUT2D eigenvalue weighted by molar-refractivity contribution is -0.136. The van der Waals surface area contributed by atoms with E-state index in [1.165, 1.54) is 11.3 Å². The fourth-order valence-electron chi connectivity index (χ4n) is 3.70. The molecule has 0 saturated carbocycles. The molecule has 7 heteroatoms. The summed E-state index contributed by atoms with van der Waals surface area (Å²) in [6.07, 6.45) is 1.10. The Labute approximate surface area is 157 Å². The molecule has 0 aliphatic carbocycles. The Kier molecular flexibility index (Phi) is 4.75. The van der Waals surface area contributed by atoms with Crippen LogP contribution in [0.4, 0.5) is 0 Å². The fraction of sp³-hybridized carbons (Fsp3) is 0.421. The molecule has 1 aromatic heterocycles. The van der Waals surface area contributed by atoms with Crippen LogP contribution in [-0.4, -0.2) is 44.7 Å². The standard InChI is InChI=1S/C19H21NO4S2/c21-19(15-12-14-4-1-2-5-16(14)24-13-15)20-8-7-18(17-6-3-10-25-17)26(22,23)11-9-20/h1-6,10,15,18H,7-9,11-13H2/t15-,18-/m1/s1. The van der Waals surface area contributed by atoms with Gasteiger partial charge in [-0.25, -0.2) is 8.42 Å².